The summed E-state index contributed by atoms with van der Waals surface area (Å²) in [4.78, 5) is 34.7. The minimum atomic E-state index is -0.520. The van der Waals surface area contributed by atoms with Gasteiger partial charge in [0.05, 0.1) is 0 Å². The Hall–Kier alpha value is -2.70. The highest BCUT2D eigenvalue weighted by Crippen LogP contribution is 2.06. The molecule has 0 saturated heterocycles. The molecular weight excluding hydrogens is 260 g/mol. The zero-order valence-corrected chi connectivity index (χ0v) is 10.9. The van der Waals surface area contributed by atoms with Crippen LogP contribution in [0.1, 0.15) is 23.2 Å². The van der Waals surface area contributed by atoms with Crippen LogP contribution in [0.25, 0.3) is 0 Å². The predicted molar refractivity (Wildman–Crippen MR) is 71.5 cm³/mol. The third-order valence-corrected chi connectivity index (χ3v) is 2.79. The van der Waals surface area contributed by atoms with Crippen molar-refractivity contribution in [3.8, 4) is 0 Å². The monoisotopic (exact) mass is 274 g/mol. The number of hydrazone groups is 1. The quantitative estimate of drug-likeness (QED) is 0.747. The molecule has 0 radical (unpaired) electrons. The maximum atomic E-state index is 11.8. The molecule has 2 N–H and O–H groups in total. The summed E-state index contributed by atoms with van der Waals surface area (Å²) in [5, 5.41) is 4.97. The lowest BCUT2D eigenvalue weighted by Gasteiger charge is -2.18. The van der Waals surface area contributed by atoms with Crippen molar-refractivity contribution in [1.29, 1.82) is 0 Å². The van der Waals surface area contributed by atoms with Crippen molar-refractivity contribution >= 4 is 23.4 Å². The number of carbonyl (C=O) groups excluding carboxylic acids is 3. The molecule has 2 rings (SSSR count). The maximum Gasteiger partial charge on any atom is 0.285 e. The van der Waals surface area contributed by atoms with Gasteiger partial charge in [0.15, 0.2) is 0 Å². The van der Waals surface area contributed by atoms with Crippen LogP contribution in [0.3, 0.4) is 0 Å². The van der Waals surface area contributed by atoms with Crippen molar-refractivity contribution in [2.24, 2.45) is 5.10 Å². The van der Waals surface area contributed by atoms with Crippen LogP contribution in [0, 0.1) is 0 Å². The van der Waals surface area contributed by atoms with E-state index in [4.69, 9.17) is 0 Å². The van der Waals surface area contributed by atoms with Gasteiger partial charge < -0.3 is 0 Å². The van der Waals surface area contributed by atoms with E-state index in [0.29, 0.717) is 5.56 Å². The molecule has 1 aromatic rings. The van der Waals surface area contributed by atoms with Gasteiger partial charge in [-0.3, -0.25) is 25.2 Å². The van der Waals surface area contributed by atoms with Gasteiger partial charge in [-0.05, 0) is 12.1 Å². The first-order chi connectivity index (χ1) is 9.58. The van der Waals surface area contributed by atoms with E-state index in [9.17, 15) is 14.4 Å². The van der Waals surface area contributed by atoms with Crippen LogP contribution >= 0.6 is 0 Å². The fourth-order valence-electron chi connectivity index (χ4n) is 1.68. The molecule has 0 atom stereocenters. The highest BCUT2D eigenvalue weighted by atomic mass is 16.2. The molecule has 1 heterocycles. The smallest absolute Gasteiger partial charge is 0.273 e. The molecule has 0 bridgehead atoms. The lowest BCUT2D eigenvalue weighted by Crippen LogP contribution is -2.46. The molecule has 1 aliphatic heterocycles. The third-order valence-electron chi connectivity index (χ3n) is 2.79. The number of hydrazine groups is 1. The molecular formula is C13H14N4O3. The number of rotatable bonds is 2. The fraction of sp³-hybridized carbons (Fsp3) is 0.231. The first-order valence-electron chi connectivity index (χ1n) is 6.07. The van der Waals surface area contributed by atoms with Gasteiger partial charge in [-0.1, -0.05) is 18.2 Å². The van der Waals surface area contributed by atoms with Crippen molar-refractivity contribution in [2.45, 2.75) is 12.8 Å². The van der Waals surface area contributed by atoms with E-state index in [1.54, 1.807) is 30.3 Å². The minimum absolute atomic E-state index is 0.144. The van der Waals surface area contributed by atoms with Gasteiger partial charge in [-0.25, -0.2) is 5.01 Å². The van der Waals surface area contributed by atoms with Crippen LogP contribution in [0.15, 0.2) is 35.4 Å². The van der Waals surface area contributed by atoms with Gasteiger partial charge in [0.25, 0.3) is 11.8 Å². The van der Waals surface area contributed by atoms with Crippen LogP contribution in [0.4, 0.5) is 0 Å². The Kier molecular flexibility index (Phi) is 4.09. The molecule has 0 unspecified atom stereocenters. The molecule has 7 heteroatoms. The zero-order chi connectivity index (χ0) is 14.5. The number of benzene rings is 1. The van der Waals surface area contributed by atoms with Crippen molar-refractivity contribution < 1.29 is 14.4 Å². The second kappa shape index (κ2) is 5.96. The van der Waals surface area contributed by atoms with E-state index in [1.165, 1.54) is 7.05 Å². The molecule has 20 heavy (non-hydrogen) atoms. The van der Waals surface area contributed by atoms with Crippen LogP contribution in [0.2, 0.25) is 0 Å². The lowest BCUT2D eigenvalue weighted by atomic mass is 10.1. The highest BCUT2D eigenvalue weighted by Gasteiger charge is 2.22. The first kappa shape index (κ1) is 13.7. The Bertz CT molecular complexity index is 568. The van der Waals surface area contributed by atoms with Crippen molar-refractivity contribution in [3.05, 3.63) is 35.9 Å². The number of hydrogen-bond acceptors (Lipinski definition) is 4. The van der Waals surface area contributed by atoms with E-state index < -0.39 is 11.8 Å². The van der Waals surface area contributed by atoms with Gasteiger partial charge >= 0.3 is 0 Å². The number of hydrogen-bond donors (Lipinski definition) is 2. The Morgan fingerprint density at radius 1 is 1.10 bits per heavy atom. The van der Waals surface area contributed by atoms with Crippen LogP contribution in [-0.2, 0) is 9.59 Å². The largest absolute Gasteiger partial charge is 0.285 e. The Morgan fingerprint density at radius 3 is 2.40 bits per heavy atom. The predicted octanol–water partition coefficient (Wildman–Crippen LogP) is 0.0558. The van der Waals surface area contributed by atoms with Crippen LogP contribution in [-0.4, -0.2) is 35.5 Å². The topological polar surface area (TPSA) is 90.9 Å². The summed E-state index contributed by atoms with van der Waals surface area (Å²) in [5.41, 5.74) is 5.22. The van der Waals surface area contributed by atoms with Gasteiger partial charge in [0.2, 0.25) is 5.91 Å². The molecule has 1 aliphatic rings. The van der Waals surface area contributed by atoms with E-state index in [2.05, 4.69) is 16.0 Å². The second-order valence-electron chi connectivity index (χ2n) is 4.24. The summed E-state index contributed by atoms with van der Waals surface area (Å²) < 4.78 is 0. The summed E-state index contributed by atoms with van der Waals surface area (Å²) in [5.74, 6) is -1.08. The Balaban J connectivity index is 1.91. The molecule has 3 amide bonds. The lowest BCUT2D eigenvalue weighted by molar-refractivity contribution is -0.130. The Morgan fingerprint density at radius 2 is 1.75 bits per heavy atom. The standard InChI is InChI=1S/C13H14N4O3/c1-17-11(18)8-7-10(16-17)13(20)15-14-12(19)9-5-3-2-4-6-9/h2-6H,7-8H2,1H3,(H,14,19)(H,15,20). The van der Waals surface area contributed by atoms with Crippen LogP contribution < -0.4 is 10.9 Å². The fourth-order valence-corrected chi connectivity index (χ4v) is 1.68. The van der Waals surface area contributed by atoms with Crippen molar-refractivity contribution in [3.63, 3.8) is 0 Å². The van der Waals surface area contributed by atoms with E-state index in [1.807, 2.05) is 0 Å². The van der Waals surface area contributed by atoms with E-state index >= 15 is 0 Å². The average Bonchev–Trinajstić information content (AvgIpc) is 2.48. The Labute approximate surface area is 115 Å². The molecule has 0 spiro atoms. The molecule has 1 aromatic carbocycles. The SMILES string of the molecule is CN1N=C(C(=O)NNC(=O)c2ccccc2)CCC1=O. The summed E-state index contributed by atoms with van der Waals surface area (Å²) in [6.45, 7) is 0. The van der Waals surface area contributed by atoms with Crippen LogP contribution in [0.5, 0.6) is 0 Å². The minimum Gasteiger partial charge on any atom is -0.273 e. The zero-order valence-electron chi connectivity index (χ0n) is 10.9. The first-order valence-corrected chi connectivity index (χ1v) is 6.07. The number of nitrogens with one attached hydrogen (secondary N) is 2. The summed E-state index contributed by atoms with van der Waals surface area (Å²) in [6.07, 6.45) is 0.492. The number of amides is 3. The number of carbonyl (C=O) groups is 3. The number of nitrogens with zero attached hydrogens (tertiary/aromatic N) is 2. The highest BCUT2D eigenvalue weighted by molar-refractivity contribution is 6.39. The van der Waals surface area contributed by atoms with Gasteiger partial charge in [0.1, 0.15) is 5.71 Å². The second-order valence-corrected chi connectivity index (χ2v) is 4.24. The molecule has 0 aliphatic carbocycles. The molecule has 104 valence electrons. The van der Waals surface area contributed by atoms with Crippen molar-refractivity contribution in [2.75, 3.05) is 7.05 Å². The molecule has 0 aromatic heterocycles. The van der Waals surface area contributed by atoms with Gasteiger partial charge in [0, 0.05) is 25.5 Å². The van der Waals surface area contributed by atoms with E-state index in [0.717, 1.165) is 5.01 Å². The molecule has 0 fully saturated rings. The average molecular weight is 274 g/mol. The van der Waals surface area contributed by atoms with Gasteiger partial charge in [-0.2, -0.15) is 5.10 Å². The molecule has 7 nitrogen and oxygen atoms in total. The summed E-state index contributed by atoms with van der Waals surface area (Å²) >= 11 is 0. The molecule has 0 saturated carbocycles. The normalized spacial score (nSPS) is 14.6. The van der Waals surface area contributed by atoms with Crippen molar-refractivity contribution in [1.82, 2.24) is 15.9 Å². The summed E-state index contributed by atoms with van der Waals surface area (Å²) in [6, 6.07) is 8.50. The third kappa shape index (κ3) is 3.19. The van der Waals surface area contributed by atoms with E-state index in [-0.39, 0.29) is 24.5 Å². The maximum absolute atomic E-state index is 11.8. The van der Waals surface area contributed by atoms with Gasteiger partial charge in [-0.15, -0.1) is 0 Å². The summed E-state index contributed by atoms with van der Waals surface area (Å²) in [7, 11) is 1.48.